The number of ether oxygens (including phenoxy) is 1. The number of H-pyrrole nitrogens is 1. The van der Waals surface area contributed by atoms with E-state index in [1.807, 2.05) is 73.3 Å². The summed E-state index contributed by atoms with van der Waals surface area (Å²) < 4.78 is 11.0. The molecule has 6 nitrogen and oxygen atoms in total. The summed E-state index contributed by atoms with van der Waals surface area (Å²) in [6.07, 6.45) is 1.63. The Morgan fingerprint density at radius 3 is 2.66 bits per heavy atom. The van der Waals surface area contributed by atoms with E-state index >= 15 is 0 Å². The van der Waals surface area contributed by atoms with Crippen LogP contribution in [-0.4, -0.2) is 21.6 Å². The Kier molecular flexibility index (Phi) is 6.56. The summed E-state index contributed by atoms with van der Waals surface area (Å²) in [7, 11) is 0. The van der Waals surface area contributed by atoms with Gasteiger partial charge in [-0.05, 0) is 86.0 Å². The van der Waals surface area contributed by atoms with Crippen molar-refractivity contribution in [2.24, 2.45) is 0 Å². The van der Waals surface area contributed by atoms with Crippen LogP contribution in [-0.2, 0) is 13.1 Å². The molecule has 4 aromatic rings. The molecule has 2 N–H and O–H groups in total. The highest BCUT2D eigenvalue weighted by molar-refractivity contribution is 7.80. The molecule has 0 aliphatic heterocycles. The fourth-order valence-electron chi connectivity index (χ4n) is 3.49. The molecule has 0 unspecified atom stereocenters. The highest BCUT2D eigenvalue weighted by Gasteiger charge is 2.16. The van der Waals surface area contributed by atoms with Crippen molar-refractivity contribution in [3.05, 3.63) is 94.2 Å². The van der Waals surface area contributed by atoms with Crippen molar-refractivity contribution in [1.29, 1.82) is 0 Å². The average Bonchev–Trinajstić information content (AvgIpc) is 3.29. The third kappa shape index (κ3) is 5.18. The second-order valence-electron chi connectivity index (χ2n) is 7.54. The molecule has 0 spiro atoms. The summed E-state index contributed by atoms with van der Waals surface area (Å²) in [4.78, 5) is 17.6. The van der Waals surface area contributed by atoms with E-state index in [9.17, 15) is 4.79 Å². The molecule has 0 aliphatic carbocycles. The molecule has 0 fully saturated rings. The monoisotopic (exact) mass is 447 g/mol. The minimum atomic E-state index is -0.130. The molecule has 0 amide bonds. The third-order valence-electron chi connectivity index (χ3n) is 5.07. The lowest BCUT2D eigenvalue weighted by atomic mass is 10.1. The van der Waals surface area contributed by atoms with Crippen LogP contribution in [0.3, 0.4) is 0 Å². The predicted molar refractivity (Wildman–Crippen MR) is 131 cm³/mol. The second kappa shape index (κ2) is 9.70. The Morgan fingerprint density at radius 1 is 1.12 bits per heavy atom. The van der Waals surface area contributed by atoms with Crippen molar-refractivity contribution >= 4 is 33.9 Å². The summed E-state index contributed by atoms with van der Waals surface area (Å²) >= 11 is 5.70. The van der Waals surface area contributed by atoms with E-state index in [4.69, 9.17) is 21.4 Å². The zero-order chi connectivity index (χ0) is 22.5. The first-order valence-corrected chi connectivity index (χ1v) is 10.9. The van der Waals surface area contributed by atoms with Gasteiger partial charge in [-0.25, -0.2) is 0 Å². The third-order valence-corrected chi connectivity index (χ3v) is 5.43. The van der Waals surface area contributed by atoms with Crippen molar-refractivity contribution in [3.63, 3.8) is 0 Å². The number of aromatic nitrogens is 1. The number of aromatic amines is 1. The van der Waals surface area contributed by atoms with Gasteiger partial charge in [0.15, 0.2) is 5.11 Å². The van der Waals surface area contributed by atoms with Crippen LogP contribution in [0, 0.1) is 6.92 Å². The maximum Gasteiger partial charge on any atom is 0.253 e. The van der Waals surface area contributed by atoms with Crippen LogP contribution in [0.15, 0.2) is 76.1 Å². The Morgan fingerprint density at radius 2 is 1.94 bits per heavy atom. The van der Waals surface area contributed by atoms with Gasteiger partial charge in [0.05, 0.1) is 26.0 Å². The number of furan rings is 1. The number of hydrogen-bond donors (Lipinski definition) is 2. The lowest BCUT2D eigenvalue weighted by Crippen LogP contribution is -2.35. The van der Waals surface area contributed by atoms with Crippen molar-refractivity contribution in [3.8, 4) is 5.75 Å². The number of thiocarbonyl (C=S) groups is 1. The molecule has 164 valence electrons. The molecule has 2 heterocycles. The van der Waals surface area contributed by atoms with E-state index in [0.717, 1.165) is 33.7 Å². The van der Waals surface area contributed by atoms with E-state index in [-0.39, 0.29) is 5.56 Å². The van der Waals surface area contributed by atoms with Crippen LogP contribution in [0.25, 0.3) is 10.9 Å². The number of pyridine rings is 1. The van der Waals surface area contributed by atoms with Crippen LogP contribution >= 0.6 is 12.2 Å². The Hall–Kier alpha value is -3.58. The number of anilines is 1. The zero-order valence-electron chi connectivity index (χ0n) is 18.1. The van der Waals surface area contributed by atoms with E-state index in [1.54, 1.807) is 6.26 Å². The summed E-state index contributed by atoms with van der Waals surface area (Å²) in [5.41, 5.74) is 3.29. The molecule has 0 bridgehead atoms. The molecule has 0 atom stereocenters. The van der Waals surface area contributed by atoms with Crippen molar-refractivity contribution in [2.75, 3.05) is 11.9 Å². The molecule has 0 saturated carbocycles. The van der Waals surface area contributed by atoms with Crippen LogP contribution in [0.4, 0.5) is 5.69 Å². The minimum absolute atomic E-state index is 0.130. The summed E-state index contributed by atoms with van der Waals surface area (Å²) in [5, 5.41) is 4.74. The fraction of sp³-hybridized carbons (Fsp3) is 0.200. The first-order chi connectivity index (χ1) is 15.5. The number of hydrogen-bond acceptors (Lipinski definition) is 4. The summed E-state index contributed by atoms with van der Waals surface area (Å²) in [6, 6.07) is 19.2. The molecular formula is C25H25N3O3S. The van der Waals surface area contributed by atoms with Crippen LogP contribution in [0.5, 0.6) is 5.75 Å². The van der Waals surface area contributed by atoms with Gasteiger partial charge >= 0.3 is 0 Å². The van der Waals surface area contributed by atoms with Gasteiger partial charge in [0, 0.05) is 16.8 Å². The van der Waals surface area contributed by atoms with E-state index in [1.165, 1.54) is 0 Å². The number of aryl methyl sites for hydroxylation is 1. The molecule has 2 aromatic heterocycles. The highest BCUT2D eigenvalue weighted by atomic mass is 32.1. The fourth-order valence-corrected chi connectivity index (χ4v) is 3.74. The molecule has 7 heteroatoms. The standard InChI is InChI=1S/C25H25N3O3S/c1-3-30-21-9-7-20(8-10-21)26-25(32)28(16-22-5-4-12-31-22)15-19-14-18-13-17(2)6-11-23(18)27-24(19)29/h4-14H,3,15-16H2,1-2H3,(H,26,32)(H,27,29). The van der Waals surface area contributed by atoms with Gasteiger partial charge in [0.2, 0.25) is 0 Å². The van der Waals surface area contributed by atoms with Gasteiger partial charge in [-0.2, -0.15) is 0 Å². The molecule has 0 radical (unpaired) electrons. The lowest BCUT2D eigenvalue weighted by Gasteiger charge is -2.25. The average molecular weight is 448 g/mol. The SMILES string of the molecule is CCOc1ccc(NC(=S)N(Cc2ccco2)Cc2cc3cc(C)ccc3[nH]c2=O)cc1. The largest absolute Gasteiger partial charge is 0.494 e. The highest BCUT2D eigenvalue weighted by Crippen LogP contribution is 2.19. The van der Waals surface area contributed by atoms with Gasteiger partial charge < -0.3 is 24.4 Å². The van der Waals surface area contributed by atoms with Gasteiger partial charge in [-0.1, -0.05) is 11.6 Å². The smallest absolute Gasteiger partial charge is 0.253 e. The maximum atomic E-state index is 12.8. The van der Waals surface area contributed by atoms with Crippen LogP contribution in [0.2, 0.25) is 0 Å². The Bertz CT molecular complexity index is 1260. The Labute approximate surface area is 191 Å². The predicted octanol–water partition coefficient (Wildman–Crippen LogP) is 5.23. The summed E-state index contributed by atoms with van der Waals surface area (Å²) in [5.74, 6) is 1.56. The van der Waals surface area contributed by atoms with E-state index < -0.39 is 0 Å². The maximum absolute atomic E-state index is 12.8. The molecule has 32 heavy (non-hydrogen) atoms. The van der Waals surface area contributed by atoms with Crippen molar-refractivity contribution < 1.29 is 9.15 Å². The first kappa shape index (κ1) is 21.6. The van der Waals surface area contributed by atoms with E-state index in [0.29, 0.717) is 30.4 Å². The van der Waals surface area contributed by atoms with Gasteiger partial charge in [-0.3, -0.25) is 4.79 Å². The molecular weight excluding hydrogens is 422 g/mol. The van der Waals surface area contributed by atoms with Crippen LogP contribution in [0.1, 0.15) is 23.8 Å². The number of nitrogens with one attached hydrogen (secondary N) is 2. The quantitative estimate of drug-likeness (QED) is 0.378. The minimum Gasteiger partial charge on any atom is -0.494 e. The van der Waals surface area contributed by atoms with Gasteiger partial charge in [-0.15, -0.1) is 0 Å². The molecule has 0 aliphatic rings. The van der Waals surface area contributed by atoms with E-state index in [2.05, 4.69) is 16.4 Å². The number of rotatable bonds is 7. The number of nitrogens with zero attached hydrogens (tertiary/aromatic N) is 1. The topological polar surface area (TPSA) is 70.5 Å². The van der Waals surface area contributed by atoms with Crippen LogP contribution < -0.4 is 15.6 Å². The number of benzene rings is 2. The molecule has 4 rings (SSSR count). The van der Waals surface area contributed by atoms with Crippen molar-refractivity contribution in [1.82, 2.24) is 9.88 Å². The molecule has 0 saturated heterocycles. The second-order valence-corrected chi connectivity index (χ2v) is 7.92. The van der Waals surface area contributed by atoms with Crippen molar-refractivity contribution in [2.45, 2.75) is 26.9 Å². The number of fused-ring (bicyclic) bond motifs is 1. The molecule has 2 aromatic carbocycles. The zero-order valence-corrected chi connectivity index (χ0v) is 18.9. The normalized spacial score (nSPS) is 10.8. The first-order valence-electron chi connectivity index (χ1n) is 10.5. The summed E-state index contributed by atoms with van der Waals surface area (Å²) in [6.45, 7) is 5.36. The Balaban J connectivity index is 1.59. The van der Waals surface area contributed by atoms with Gasteiger partial charge in [0.1, 0.15) is 11.5 Å². The lowest BCUT2D eigenvalue weighted by molar-refractivity contribution is 0.340. The van der Waals surface area contributed by atoms with Gasteiger partial charge in [0.25, 0.3) is 5.56 Å².